The van der Waals surface area contributed by atoms with Crippen molar-refractivity contribution < 1.29 is 24.2 Å². The van der Waals surface area contributed by atoms with E-state index in [4.69, 9.17) is 14.6 Å². The van der Waals surface area contributed by atoms with Crippen molar-refractivity contribution in [2.24, 2.45) is 0 Å². The average molecular weight is 431 g/mol. The zero-order chi connectivity index (χ0) is 21.7. The van der Waals surface area contributed by atoms with Crippen LogP contribution in [-0.4, -0.2) is 68.9 Å². The molecule has 0 spiro atoms. The molecule has 2 aromatic carbocycles. The normalized spacial score (nSPS) is 18.8. The molecule has 160 valence electrons. The number of benzene rings is 2. The lowest BCUT2D eigenvalue weighted by Gasteiger charge is -2.28. The summed E-state index contributed by atoms with van der Waals surface area (Å²) in [4.78, 5) is 29.4. The van der Waals surface area contributed by atoms with Crippen LogP contribution in [0.25, 0.3) is 0 Å². The van der Waals surface area contributed by atoms with Crippen molar-refractivity contribution in [1.82, 2.24) is 4.90 Å². The minimum atomic E-state index is -1.11. The molecule has 7 nitrogen and oxygen atoms in total. The second-order valence-corrected chi connectivity index (χ2v) is 8.38. The van der Waals surface area contributed by atoms with Crippen LogP contribution in [0.2, 0.25) is 0 Å². The molecule has 30 heavy (non-hydrogen) atoms. The van der Waals surface area contributed by atoms with E-state index in [9.17, 15) is 9.59 Å². The molecule has 0 aliphatic carbocycles. The molecule has 1 aliphatic rings. The number of likely N-dealkylation sites (N-methyl/N-ethyl adjacent to an activating group) is 1. The SMILES string of the molecule is COc1ccc(C2Sc3ccccc3N(CCN(C)C)C(=O)C2OCC(=O)O)cc1. The molecule has 1 heterocycles. The molecule has 2 aromatic rings. The zero-order valence-corrected chi connectivity index (χ0v) is 18.1. The lowest BCUT2D eigenvalue weighted by Crippen LogP contribution is -2.45. The highest BCUT2D eigenvalue weighted by atomic mass is 32.2. The van der Waals surface area contributed by atoms with Crippen LogP contribution in [0.3, 0.4) is 0 Å². The van der Waals surface area contributed by atoms with E-state index in [1.54, 1.807) is 12.0 Å². The van der Waals surface area contributed by atoms with Crippen molar-refractivity contribution in [3.8, 4) is 5.75 Å². The van der Waals surface area contributed by atoms with Gasteiger partial charge in [0.15, 0.2) is 6.10 Å². The fraction of sp³-hybridized carbons (Fsp3) is 0.364. The molecular weight excluding hydrogens is 404 g/mol. The number of methoxy groups -OCH3 is 1. The first-order chi connectivity index (χ1) is 14.4. The van der Waals surface area contributed by atoms with Crippen molar-refractivity contribution in [3.05, 3.63) is 54.1 Å². The van der Waals surface area contributed by atoms with Gasteiger partial charge in [-0.05, 0) is 43.9 Å². The van der Waals surface area contributed by atoms with Crippen molar-refractivity contribution in [3.63, 3.8) is 0 Å². The van der Waals surface area contributed by atoms with Gasteiger partial charge in [0.2, 0.25) is 0 Å². The topological polar surface area (TPSA) is 79.3 Å². The number of fused-ring (bicyclic) bond motifs is 1. The second-order valence-electron chi connectivity index (χ2n) is 7.20. The van der Waals surface area contributed by atoms with Crippen LogP contribution in [0.4, 0.5) is 5.69 Å². The van der Waals surface area contributed by atoms with Crippen molar-refractivity contribution in [2.75, 3.05) is 45.8 Å². The number of hydrogen-bond acceptors (Lipinski definition) is 6. The van der Waals surface area contributed by atoms with E-state index in [0.29, 0.717) is 18.8 Å². The van der Waals surface area contributed by atoms with E-state index in [2.05, 4.69) is 0 Å². The van der Waals surface area contributed by atoms with Crippen LogP contribution in [0, 0.1) is 0 Å². The Labute approximate surface area is 180 Å². The summed E-state index contributed by atoms with van der Waals surface area (Å²) in [6.07, 6.45) is -0.936. The number of hydrogen-bond donors (Lipinski definition) is 1. The highest BCUT2D eigenvalue weighted by molar-refractivity contribution is 7.99. The Morgan fingerprint density at radius 3 is 2.50 bits per heavy atom. The van der Waals surface area contributed by atoms with E-state index >= 15 is 0 Å². The summed E-state index contributed by atoms with van der Waals surface area (Å²) in [6, 6.07) is 15.2. The molecule has 0 saturated carbocycles. The number of anilines is 1. The van der Waals surface area contributed by atoms with E-state index in [0.717, 1.165) is 16.1 Å². The highest BCUT2D eigenvalue weighted by Crippen LogP contribution is 2.46. The monoisotopic (exact) mass is 430 g/mol. The molecule has 2 atom stereocenters. The van der Waals surface area contributed by atoms with Gasteiger partial charge in [-0.15, -0.1) is 11.8 Å². The second kappa shape index (κ2) is 9.97. The Kier molecular flexibility index (Phi) is 7.36. The van der Waals surface area contributed by atoms with E-state index < -0.39 is 23.9 Å². The van der Waals surface area contributed by atoms with Gasteiger partial charge >= 0.3 is 5.97 Å². The van der Waals surface area contributed by atoms with E-state index in [-0.39, 0.29) is 5.91 Å². The zero-order valence-electron chi connectivity index (χ0n) is 17.3. The van der Waals surface area contributed by atoms with Crippen LogP contribution < -0.4 is 9.64 Å². The maximum Gasteiger partial charge on any atom is 0.329 e. The summed E-state index contributed by atoms with van der Waals surface area (Å²) in [6.45, 7) is 0.608. The van der Waals surface area contributed by atoms with Crippen LogP contribution >= 0.6 is 11.8 Å². The summed E-state index contributed by atoms with van der Waals surface area (Å²) in [5.74, 6) is -0.640. The first-order valence-corrected chi connectivity index (χ1v) is 10.5. The van der Waals surface area contributed by atoms with Gasteiger partial charge < -0.3 is 24.4 Å². The molecule has 0 saturated heterocycles. The third-order valence-electron chi connectivity index (χ3n) is 4.80. The number of carboxylic acid groups (broad SMARTS) is 1. The number of thioether (sulfide) groups is 1. The summed E-state index contributed by atoms with van der Waals surface area (Å²) in [5.41, 5.74) is 1.68. The fourth-order valence-corrected chi connectivity index (χ4v) is 4.61. The maximum atomic E-state index is 13.6. The summed E-state index contributed by atoms with van der Waals surface area (Å²) < 4.78 is 10.9. The smallest absolute Gasteiger partial charge is 0.329 e. The summed E-state index contributed by atoms with van der Waals surface area (Å²) in [5, 5.41) is 8.77. The molecule has 2 unspecified atom stereocenters. The minimum absolute atomic E-state index is 0.239. The molecule has 3 rings (SSSR count). The Morgan fingerprint density at radius 1 is 1.17 bits per heavy atom. The van der Waals surface area contributed by atoms with Crippen LogP contribution in [-0.2, 0) is 14.3 Å². The number of aliphatic carboxylic acids is 1. The van der Waals surface area contributed by atoms with Gasteiger partial charge in [-0.25, -0.2) is 4.79 Å². The highest BCUT2D eigenvalue weighted by Gasteiger charge is 2.39. The first kappa shape index (κ1) is 22.1. The third-order valence-corrected chi connectivity index (χ3v) is 6.17. The predicted octanol–water partition coefficient (Wildman–Crippen LogP) is 2.91. The molecule has 1 N–H and O–H groups in total. The van der Waals surface area contributed by atoms with Crippen molar-refractivity contribution >= 4 is 29.3 Å². The van der Waals surface area contributed by atoms with Gasteiger partial charge in [0, 0.05) is 18.0 Å². The van der Waals surface area contributed by atoms with Crippen molar-refractivity contribution in [1.29, 1.82) is 0 Å². The molecule has 0 radical (unpaired) electrons. The van der Waals surface area contributed by atoms with Gasteiger partial charge in [0.25, 0.3) is 5.91 Å². The predicted molar refractivity (Wildman–Crippen MR) is 116 cm³/mol. The number of carboxylic acids is 1. The molecule has 0 fully saturated rings. The average Bonchev–Trinajstić information content (AvgIpc) is 2.85. The van der Waals surface area contributed by atoms with Gasteiger partial charge in [0.05, 0.1) is 18.0 Å². The Bertz CT molecular complexity index is 887. The Morgan fingerprint density at radius 2 is 1.87 bits per heavy atom. The Balaban J connectivity index is 2.03. The first-order valence-electron chi connectivity index (χ1n) is 9.60. The molecule has 1 amide bonds. The lowest BCUT2D eigenvalue weighted by molar-refractivity contribution is -0.147. The molecular formula is C22H26N2O5S. The number of carbonyl (C=O) groups excluding carboxylic acids is 1. The Hall–Kier alpha value is -2.55. The number of ether oxygens (including phenoxy) is 2. The number of amides is 1. The maximum absolute atomic E-state index is 13.6. The number of rotatable bonds is 8. The summed E-state index contributed by atoms with van der Waals surface area (Å²) >= 11 is 1.51. The van der Waals surface area contributed by atoms with Crippen LogP contribution in [0.5, 0.6) is 5.75 Å². The minimum Gasteiger partial charge on any atom is -0.497 e. The van der Waals surface area contributed by atoms with Gasteiger partial charge in [-0.1, -0.05) is 24.3 Å². The number of para-hydroxylation sites is 1. The standard InChI is InChI=1S/C22H26N2O5S/c1-23(2)12-13-24-17-6-4-5-7-18(17)30-21(15-8-10-16(28-3)11-9-15)20(22(24)27)29-14-19(25)26/h4-11,20-21H,12-14H2,1-3H3,(H,25,26). The number of nitrogens with zero attached hydrogens (tertiary/aromatic N) is 2. The van der Waals surface area contributed by atoms with Gasteiger partial charge in [-0.3, -0.25) is 4.79 Å². The van der Waals surface area contributed by atoms with E-state index in [1.165, 1.54) is 11.8 Å². The fourth-order valence-electron chi connectivity index (χ4n) is 3.27. The molecule has 1 aliphatic heterocycles. The van der Waals surface area contributed by atoms with Gasteiger partial charge in [0.1, 0.15) is 12.4 Å². The van der Waals surface area contributed by atoms with Crippen LogP contribution in [0.1, 0.15) is 10.8 Å². The van der Waals surface area contributed by atoms with Crippen molar-refractivity contribution in [2.45, 2.75) is 16.2 Å². The lowest BCUT2D eigenvalue weighted by atomic mass is 10.1. The summed E-state index contributed by atoms with van der Waals surface area (Å²) in [7, 11) is 5.49. The van der Waals surface area contributed by atoms with Gasteiger partial charge in [-0.2, -0.15) is 0 Å². The molecule has 8 heteroatoms. The molecule has 0 aromatic heterocycles. The third kappa shape index (κ3) is 5.13. The largest absolute Gasteiger partial charge is 0.497 e. The number of carbonyl (C=O) groups is 2. The molecule has 0 bridgehead atoms. The quantitative estimate of drug-likeness (QED) is 0.690. The van der Waals surface area contributed by atoms with E-state index in [1.807, 2.05) is 67.5 Å². The van der Waals surface area contributed by atoms with Crippen LogP contribution in [0.15, 0.2) is 53.4 Å².